The SMILES string of the molecule is CCNC(=S)Nc1ccc(S(=O)(=O)Nc2cc(Cl)cc(Cl)c2)cc1. The van der Waals surface area contributed by atoms with Crippen molar-refractivity contribution < 1.29 is 8.42 Å². The van der Waals surface area contributed by atoms with Gasteiger partial charge in [-0.25, -0.2) is 8.42 Å². The van der Waals surface area contributed by atoms with Crippen molar-refractivity contribution in [1.82, 2.24) is 5.32 Å². The smallest absolute Gasteiger partial charge is 0.261 e. The van der Waals surface area contributed by atoms with E-state index in [1.165, 1.54) is 30.3 Å². The second-order valence-electron chi connectivity index (χ2n) is 4.77. The molecule has 0 radical (unpaired) electrons. The molecule has 0 heterocycles. The number of sulfonamides is 1. The van der Waals surface area contributed by atoms with Crippen molar-refractivity contribution in [3.63, 3.8) is 0 Å². The van der Waals surface area contributed by atoms with Crippen LogP contribution in [-0.2, 0) is 10.0 Å². The first kappa shape index (κ1) is 18.8. The van der Waals surface area contributed by atoms with Gasteiger partial charge in [-0.3, -0.25) is 4.72 Å². The minimum Gasteiger partial charge on any atom is -0.363 e. The van der Waals surface area contributed by atoms with Crippen LogP contribution in [0, 0.1) is 0 Å². The molecule has 3 N–H and O–H groups in total. The fourth-order valence-electron chi connectivity index (χ4n) is 1.88. The molecule has 2 aromatic carbocycles. The van der Waals surface area contributed by atoms with Gasteiger partial charge in [0.05, 0.1) is 10.6 Å². The van der Waals surface area contributed by atoms with Gasteiger partial charge in [-0.2, -0.15) is 0 Å². The van der Waals surface area contributed by atoms with Gasteiger partial charge in [0, 0.05) is 22.3 Å². The van der Waals surface area contributed by atoms with Crippen LogP contribution >= 0.6 is 35.4 Å². The molecule has 0 aromatic heterocycles. The Morgan fingerprint density at radius 2 is 1.62 bits per heavy atom. The summed E-state index contributed by atoms with van der Waals surface area (Å²) in [5.41, 5.74) is 0.980. The number of hydrogen-bond donors (Lipinski definition) is 3. The summed E-state index contributed by atoms with van der Waals surface area (Å²) in [5.74, 6) is 0. The predicted molar refractivity (Wildman–Crippen MR) is 104 cm³/mol. The summed E-state index contributed by atoms with van der Waals surface area (Å²) in [6.45, 7) is 2.63. The highest BCUT2D eigenvalue weighted by molar-refractivity contribution is 7.92. The summed E-state index contributed by atoms with van der Waals surface area (Å²) in [7, 11) is -3.75. The van der Waals surface area contributed by atoms with Crippen molar-refractivity contribution in [2.24, 2.45) is 0 Å². The molecule has 5 nitrogen and oxygen atoms in total. The monoisotopic (exact) mass is 403 g/mol. The molecule has 0 aliphatic rings. The second kappa shape index (κ2) is 8.02. The molecule has 0 aliphatic carbocycles. The standard InChI is InChI=1S/C15H15Cl2N3O2S2/c1-2-18-15(23)19-12-3-5-14(6-4-12)24(21,22)20-13-8-10(16)7-11(17)9-13/h3-9,20H,2H2,1H3,(H2,18,19,23). The molecular formula is C15H15Cl2N3O2S2. The highest BCUT2D eigenvalue weighted by Crippen LogP contribution is 2.25. The predicted octanol–water partition coefficient (Wildman–Crippen LogP) is 4.10. The molecule has 0 spiro atoms. The lowest BCUT2D eigenvalue weighted by molar-refractivity contribution is 0.601. The van der Waals surface area contributed by atoms with E-state index >= 15 is 0 Å². The third kappa shape index (κ3) is 5.24. The lowest BCUT2D eigenvalue weighted by Crippen LogP contribution is -2.27. The van der Waals surface area contributed by atoms with Crippen molar-refractivity contribution in [2.75, 3.05) is 16.6 Å². The number of halogens is 2. The summed E-state index contributed by atoms with van der Waals surface area (Å²) in [6, 6.07) is 10.7. The molecule has 0 fully saturated rings. The van der Waals surface area contributed by atoms with Gasteiger partial charge in [-0.05, 0) is 61.6 Å². The van der Waals surface area contributed by atoms with Crippen LogP contribution in [0.15, 0.2) is 47.4 Å². The number of thiocarbonyl (C=S) groups is 1. The molecule has 0 saturated carbocycles. The van der Waals surface area contributed by atoms with Crippen molar-refractivity contribution >= 4 is 61.9 Å². The van der Waals surface area contributed by atoms with Gasteiger partial charge in [0.2, 0.25) is 0 Å². The molecule has 128 valence electrons. The molecule has 0 amide bonds. The van der Waals surface area contributed by atoms with Gasteiger partial charge in [0.25, 0.3) is 10.0 Å². The Kier molecular flexibility index (Phi) is 6.28. The molecule has 0 saturated heterocycles. The highest BCUT2D eigenvalue weighted by atomic mass is 35.5. The topological polar surface area (TPSA) is 70.2 Å². The van der Waals surface area contributed by atoms with E-state index in [2.05, 4.69) is 15.4 Å². The first-order chi connectivity index (χ1) is 11.3. The van der Waals surface area contributed by atoms with Gasteiger partial charge >= 0.3 is 0 Å². The van der Waals surface area contributed by atoms with Gasteiger partial charge in [-0.15, -0.1) is 0 Å². The van der Waals surface area contributed by atoms with E-state index in [0.717, 1.165) is 0 Å². The minimum atomic E-state index is -3.75. The third-order valence-corrected chi connectivity index (χ3v) is 4.95. The van der Waals surface area contributed by atoms with Crippen LogP contribution in [0.2, 0.25) is 10.0 Å². The third-order valence-electron chi connectivity index (χ3n) is 2.87. The molecule has 0 bridgehead atoms. The van der Waals surface area contributed by atoms with Crippen LogP contribution in [0.4, 0.5) is 11.4 Å². The summed E-state index contributed by atoms with van der Waals surface area (Å²) in [6.07, 6.45) is 0. The Bertz CT molecular complexity index is 820. The normalized spacial score (nSPS) is 11.0. The Morgan fingerprint density at radius 3 is 2.17 bits per heavy atom. The number of anilines is 2. The van der Waals surface area contributed by atoms with Gasteiger partial charge in [-0.1, -0.05) is 23.2 Å². The maximum atomic E-state index is 12.4. The lowest BCUT2D eigenvalue weighted by atomic mass is 10.3. The summed E-state index contributed by atoms with van der Waals surface area (Å²) in [4.78, 5) is 0.110. The molecule has 0 atom stereocenters. The molecule has 24 heavy (non-hydrogen) atoms. The highest BCUT2D eigenvalue weighted by Gasteiger charge is 2.15. The van der Waals surface area contributed by atoms with E-state index in [4.69, 9.17) is 35.4 Å². The summed E-state index contributed by atoms with van der Waals surface area (Å²) < 4.78 is 27.3. The van der Waals surface area contributed by atoms with Crippen LogP contribution in [0.25, 0.3) is 0 Å². The molecular weight excluding hydrogens is 389 g/mol. The average molecular weight is 404 g/mol. The summed E-state index contributed by atoms with van der Waals surface area (Å²) in [5, 5.41) is 7.06. The molecule has 0 unspecified atom stereocenters. The fourth-order valence-corrected chi connectivity index (χ4v) is 3.71. The van der Waals surface area contributed by atoms with E-state index in [0.29, 0.717) is 33.1 Å². The van der Waals surface area contributed by atoms with E-state index in [9.17, 15) is 8.42 Å². The van der Waals surface area contributed by atoms with Crippen LogP contribution in [0.5, 0.6) is 0 Å². The minimum absolute atomic E-state index is 0.110. The Hall–Kier alpha value is -1.54. The van der Waals surface area contributed by atoms with Crippen LogP contribution in [0.1, 0.15) is 6.92 Å². The van der Waals surface area contributed by atoms with Gasteiger partial charge < -0.3 is 10.6 Å². The first-order valence-electron chi connectivity index (χ1n) is 6.94. The lowest BCUT2D eigenvalue weighted by Gasteiger charge is -2.11. The number of rotatable bonds is 5. The largest absolute Gasteiger partial charge is 0.363 e. The zero-order valence-corrected chi connectivity index (χ0v) is 15.8. The van der Waals surface area contributed by atoms with E-state index in [1.807, 2.05) is 6.92 Å². The Balaban J connectivity index is 2.16. The molecule has 2 rings (SSSR count). The van der Waals surface area contributed by atoms with E-state index in [-0.39, 0.29) is 4.90 Å². The molecule has 2 aromatic rings. The average Bonchev–Trinajstić information content (AvgIpc) is 2.46. The van der Waals surface area contributed by atoms with Crippen LogP contribution in [-0.4, -0.2) is 20.1 Å². The maximum absolute atomic E-state index is 12.4. The van der Waals surface area contributed by atoms with Gasteiger partial charge in [0.1, 0.15) is 0 Å². The van der Waals surface area contributed by atoms with Crippen molar-refractivity contribution in [3.05, 3.63) is 52.5 Å². The fraction of sp³-hybridized carbons (Fsp3) is 0.133. The molecule has 9 heteroatoms. The maximum Gasteiger partial charge on any atom is 0.261 e. The quantitative estimate of drug-likeness (QED) is 0.655. The van der Waals surface area contributed by atoms with Crippen molar-refractivity contribution in [3.8, 4) is 0 Å². The summed E-state index contributed by atoms with van der Waals surface area (Å²) >= 11 is 16.8. The Morgan fingerprint density at radius 1 is 1.04 bits per heavy atom. The van der Waals surface area contributed by atoms with Gasteiger partial charge in [0.15, 0.2) is 5.11 Å². The van der Waals surface area contributed by atoms with Crippen molar-refractivity contribution in [2.45, 2.75) is 11.8 Å². The zero-order chi connectivity index (χ0) is 17.7. The second-order valence-corrected chi connectivity index (χ2v) is 7.74. The number of nitrogens with one attached hydrogen (secondary N) is 3. The van der Waals surface area contributed by atoms with Crippen molar-refractivity contribution in [1.29, 1.82) is 0 Å². The van der Waals surface area contributed by atoms with Crippen LogP contribution in [0.3, 0.4) is 0 Å². The zero-order valence-electron chi connectivity index (χ0n) is 12.6. The molecule has 0 aliphatic heterocycles. The van der Waals surface area contributed by atoms with E-state index < -0.39 is 10.0 Å². The van der Waals surface area contributed by atoms with Crippen LogP contribution < -0.4 is 15.4 Å². The Labute approximate surface area is 156 Å². The number of hydrogen-bond acceptors (Lipinski definition) is 3. The van der Waals surface area contributed by atoms with E-state index in [1.54, 1.807) is 12.1 Å². The number of benzene rings is 2. The first-order valence-corrected chi connectivity index (χ1v) is 9.59.